The summed E-state index contributed by atoms with van der Waals surface area (Å²) in [5.41, 5.74) is 0.746. The number of benzene rings is 2. The maximum Gasteiger partial charge on any atom is 0.387 e. The molecule has 0 radical (unpaired) electrons. The first kappa shape index (κ1) is 18.4. The van der Waals surface area contributed by atoms with Crippen molar-refractivity contribution in [1.82, 2.24) is 19.6 Å². The molecule has 142 valence electrons. The fourth-order valence-corrected chi connectivity index (χ4v) is 2.93. The van der Waals surface area contributed by atoms with E-state index in [0.29, 0.717) is 26.8 Å². The van der Waals surface area contributed by atoms with Crippen LogP contribution in [0.1, 0.15) is 0 Å². The lowest BCUT2D eigenvalue weighted by atomic mass is 10.3. The molecular weight excluding hydrogens is 413 g/mol. The van der Waals surface area contributed by atoms with Crippen molar-refractivity contribution in [1.29, 1.82) is 0 Å². The van der Waals surface area contributed by atoms with Gasteiger partial charge in [-0.2, -0.15) is 23.7 Å². The average Bonchev–Trinajstić information content (AvgIpc) is 3.10. The van der Waals surface area contributed by atoms with Crippen LogP contribution in [-0.2, 0) is 0 Å². The molecular formula is C18H10Cl2F2N4O2. The van der Waals surface area contributed by atoms with Crippen molar-refractivity contribution < 1.29 is 13.5 Å². The average molecular weight is 423 g/mol. The van der Waals surface area contributed by atoms with Gasteiger partial charge in [-0.25, -0.2) is 4.68 Å². The summed E-state index contributed by atoms with van der Waals surface area (Å²) in [7, 11) is 0. The van der Waals surface area contributed by atoms with Crippen LogP contribution in [0.25, 0.3) is 22.3 Å². The van der Waals surface area contributed by atoms with Gasteiger partial charge in [-0.15, -0.1) is 0 Å². The summed E-state index contributed by atoms with van der Waals surface area (Å²) in [6, 6.07) is 10.5. The molecule has 0 bridgehead atoms. The number of aromatic nitrogens is 4. The van der Waals surface area contributed by atoms with E-state index in [-0.39, 0.29) is 11.3 Å². The number of fused-ring (bicyclic) bond motifs is 1. The summed E-state index contributed by atoms with van der Waals surface area (Å²) in [5, 5.41) is 9.74. The molecule has 0 aliphatic carbocycles. The predicted molar refractivity (Wildman–Crippen MR) is 101 cm³/mol. The summed E-state index contributed by atoms with van der Waals surface area (Å²) in [5.74, 6) is -0.0169. The monoisotopic (exact) mass is 422 g/mol. The lowest BCUT2D eigenvalue weighted by molar-refractivity contribution is -0.0498. The van der Waals surface area contributed by atoms with E-state index >= 15 is 0 Å². The Kier molecular flexibility index (Phi) is 4.74. The van der Waals surface area contributed by atoms with E-state index in [9.17, 15) is 13.6 Å². The summed E-state index contributed by atoms with van der Waals surface area (Å²) >= 11 is 12.0. The number of nitrogens with zero attached hydrogens (tertiary/aromatic N) is 4. The second-order valence-corrected chi connectivity index (χ2v) is 6.52. The van der Waals surface area contributed by atoms with Gasteiger partial charge in [-0.1, -0.05) is 23.2 Å². The van der Waals surface area contributed by atoms with E-state index in [1.54, 1.807) is 24.4 Å². The molecule has 2 aromatic heterocycles. The third-order valence-corrected chi connectivity index (χ3v) is 4.66. The molecule has 0 aliphatic rings. The highest BCUT2D eigenvalue weighted by Crippen LogP contribution is 2.25. The van der Waals surface area contributed by atoms with Gasteiger partial charge < -0.3 is 4.74 Å². The van der Waals surface area contributed by atoms with E-state index in [1.807, 2.05) is 0 Å². The number of hydrogen-bond acceptors (Lipinski definition) is 4. The van der Waals surface area contributed by atoms with Crippen molar-refractivity contribution in [2.24, 2.45) is 0 Å². The van der Waals surface area contributed by atoms with E-state index in [0.717, 1.165) is 4.68 Å². The van der Waals surface area contributed by atoms with Crippen LogP contribution in [0.5, 0.6) is 5.75 Å². The minimum absolute atomic E-state index is 0.0169. The Morgan fingerprint density at radius 1 is 1.00 bits per heavy atom. The number of alkyl halides is 2. The summed E-state index contributed by atoms with van der Waals surface area (Å²) in [4.78, 5) is 12.8. The molecule has 2 aromatic carbocycles. The van der Waals surface area contributed by atoms with Gasteiger partial charge in [0.25, 0.3) is 5.56 Å². The molecule has 0 spiro atoms. The number of rotatable bonds is 4. The van der Waals surface area contributed by atoms with Crippen LogP contribution >= 0.6 is 23.2 Å². The zero-order chi connectivity index (χ0) is 19.8. The third-order valence-electron chi connectivity index (χ3n) is 3.92. The van der Waals surface area contributed by atoms with Crippen molar-refractivity contribution >= 4 is 34.1 Å². The highest BCUT2D eigenvalue weighted by atomic mass is 35.5. The minimum Gasteiger partial charge on any atom is -0.435 e. The number of halogens is 4. The summed E-state index contributed by atoms with van der Waals surface area (Å²) < 4.78 is 31.4. The van der Waals surface area contributed by atoms with Gasteiger partial charge in [0.1, 0.15) is 5.75 Å². The molecule has 0 atom stereocenters. The molecule has 0 unspecified atom stereocenters. The number of hydrogen-bond donors (Lipinski definition) is 0. The summed E-state index contributed by atoms with van der Waals surface area (Å²) in [6.07, 6.45) is 3.13. The van der Waals surface area contributed by atoms with Crippen molar-refractivity contribution in [3.63, 3.8) is 0 Å². The quantitative estimate of drug-likeness (QED) is 0.486. The smallest absolute Gasteiger partial charge is 0.387 e. The van der Waals surface area contributed by atoms with E-state index in [1.165, 1.54) is 35.1 Å². The fourth-order valence-electron chi connectivity index (χ4n) is 2.63. The molecule has 4 rings (SSSR count). The Morgan fingerprint density at radius 3 is 2.39 bits per heavy atom. The van der Waals surface area contributed by atoms with Crippen LogP contribution in [0.15, 0.2) is 59.7 Å². The Morgan fingerprint density at radius 2 is 1.71 bits per heavy atom. The molecule has 0 N–H and O–H groups in total. The summed E-state index contributed by atoms with van der Waals surface area (Å²) in [6.45, 7) is -2.92. The first-order chi connectivity index (χ1) is 13.4. The molecule has 10 heteroatoms. The molecule has 0 saturated carbocycles. The van der Waals surface area contributed by atoms with Crippen LogP contribution in [0.2, 0.25) is 10.0 Å². The Hall–Kier alpha value is -2.97. The molecule has 4 aromatic rings. The van der Waals surface area contributed by atoms with Crippen LogP contribution in [0.3, 0.4) is 0 Å². The molecule has 6 nitrogen and oxygen atoms in total. The lowest BCUT2D eigenvalue weighted by Gasteiger charge is -2.06. The maximum atomic E-state index is 12.8. The molecule has 28 heavy (non-hydrogen) atoms. The second-order valence-electron chi connectivity index (χ2n) is 5.71. The van der Waals surface area contributed by atoms with E-state index in [4.69, 9.17) is 23.2 Å². The van der Waals surface area contributed by atoms with Gasteiger partial charge in [-0.3, -0.25) is 4.79 Å². The van der Waals surface area contributed by atoms with Gasteiger partial charge in [0.05, 0.1) is 27.6 Å². The van der Waals surface area contributed by atoms with Gasteiger partial charge in [-0.05, 0) is 42.5 Å². The molecule has 0 fully saturated rings. The molecule has 0 aliphatic heterocycles. The molecule has 0 saturated heterocycles. The fraction of sp³-hybridized carbons (Fsp3) is 0.0556. The van der Waals surface area contributed by atoms with Crippen LogP contribution in [0, 0.1) is 0 Å². The zero-order valence-electron chi connectivity index (χ0n) is 13.9. The van der Waals surface area contributed by atoms with Gasteiger partial charge in [0, 0.05) is 11.6 Å². The molecule has 2 heterocycles. The standard InChI is InChI=1S/C18H10Cl2F2N4O2/c19-14-6-3-12(7-15(14)20)25-9-10-8-23-26(17(27)16(10)24-25)11-1-4-13(5-2-11)28-18(21)22/h1-9,18H. The van der Waals surface area contributed by atoms with Crippen LogP contribution in [-0.4, -0.2) is 26.2 Å². The van der Waals surface area contributed by atoms with Crippen molar-refractivity contribution in [3.05, 3.63) is 75.3 Å². The second kappa shape index (κ2) is 7.21. The van der Waals surface area contributed by atoms with Crippen molar-refractivity contribution in [2.75, 3.05) is 0 Å². The zero-order valence-corrected chi connectivity index (χ0v) is 15.4. The largest absolute Gasteiger partial charge is 0.435 e. The SMILES string of the molecule is O=c1c2nn(-c3ccc(Cl)c(Cl)c3)cc2cnn1-c1ccc(OC(F)F)cc1. The maximum absolute atomic E-state index is 12.8. The predicted octanol–water partition coefficient (Wildman–Crippen LogP) is 4.48. The van der Waals surface area contributed by atoms with Crippen LogP contribution < -0.4 is 10.3 Å². The van der Waals surface area contributed by atoms with Gasteiger partial charge >= 0.3 is 6.61 Å². The van der Waals surface area contributed by atoms with Crippen molar-refractivity contribution in [3.8, 4) is 17.1 Å². The lowest BCUT2D eigenvalue weighted by Crippen LogP contribution is -2.21. The Balaban J connectivity index is 1.75. The van der Waals surface area contributed by atoms with E-state index < -0.39 is 12.2 Å². The molecule has 0 amide bonds. The number of ether oxygens (including phenoxy) is 1. The normalized spacial score (nSPS) is 11.3. The highest BCUT2D eigenvalue weighted by Gasteiger charge is 2.12. The first-order valence-corrected chi connectivity index (χ1v) is 8.66. The Labute approximate surface area is 166 Å². The van der Waals surface area contributed by atoms with Crippen molar-refractivity contribution in [2.45, 2.75) is 6.61 Å². The van der Waals surface area contributed by atoms with E-state index in [2.05, 4.69) is 14.9 Å². The highest BCUT2D eigenvalue weighted by molar-refractivity contribution is 6.42. The van der Waals surface area contributed by atoms with Gasteiger partial charge in [0.2, 0.25) is 0 Å². The minimum atomic E-state index is -2.92. The first-order valence-electron chi connectivity index (χ1n) is 7.91. The van der Waals surface area contributed by atoms with Crippen LogP contribution in [0.4, 0.5) is 8.78 Å². The topological polar surface area (TPSA) is 61.9 Å². The third kappa shape index (κ3) is 3.44. The Bertz CT molecular complexity index is 1220. The van der Waals surface area contributed by atoms with Gasteiger partial charge in [0.15, 0.2) is 5.52 Å².